The largest absolute Gasteiger partial charge is 0.497 e. The van der Waals surface area contributed by atoms with Gasteiger partial charge >= 0.3 is 11.9 Å². The molecule has 11 atom stereocenters. The number of primary amides is 1. The Bertz CT molecular complexity index is 4270. The van der Waals surface area contributed by atoms with Crippen LogP contribution in [0.4, 0.5) is 4.39 Å². The highest BCUT2D eigenvalue weighted by Crippen LogP contribution is 2.29. The lowest BCUT2D eigenvalue weighted by Gasteiger charge is -2.34. The Morgan fingerprint density at radius 2 is 1.21 bits per heavy atom. The van der Waals surface area contributed by atoms with Crippen LogP contribution in [0.1, 0.15) is 101 Å². The SMILES string of the molecule is CCc1cc(OC)ccc1-c1ccc(C[C@H](NC(=O)[C@H](CC(=O)O)NC(=O)[C@H](CO)NC(=O)[C@@H](NC(=O)[C@](C)(Cc2ccccc2F)NC(=O)[C@@H](NC(=O)CNC(=O)[C@H](CCC(=O)O)NC(=O)C(C)(C)NC(=O)[C@H](C)Cc2cnc[nH]2)[C@@H](C)O)[C@@H](C)O)C(=O)N[C@@H](Cc2ccc(-c3ccccc3C)nc2)C(N)=O)cc1. The van der Waals surface area contributed by atoms with E-state index in [1.807, 2.05) is 50.2 Å². The van der Waals surface area contributed by atoms with Gasteiger partial charge in [0.15, 0.2) is 0 Å². The normalized spacial score (nSPS) is 14.5. The number of rotatable bonds is 41. The number of benzene rings is 4. The number of carboxylic acid groups (broad SMARTS) is 2. The number of carbonyl (C=O) groups excluding carboxylic acids is 11. The van der Waals surface area contributed by atoms with Crippen LogP contribution in [0.25, 0.3) is 22.4 Å². The van der Waals surface area contributed by atoms with Gasteiger partial charge in [0.25, 0.3) is 0 Å². The minimum absolute atomic E-state index is 0.166. The van der Waals surface area contributed by atoms with Crippen LogP contribution in [-0.2, 0) is 94.4 Å². The van der Waals surface area contributed by atoms with E-state index >= 15 is 4.39 Å². The van der Waals surface area contributed by atoms with Crippen LogP contribution in [0, 0.1) is 18.7 Å². The van der Waals surface area contributed by atoms with Crippen molar-refractivity contribution in [2.75, 3.05) is 20.3 Å². The summed E-state index contributed by atoms with van der Waals surface area (Å²) in [5, 5.41) is 75.4. The number of aliphatic hydroxyl groups excluding tert-OH is 3. The predicted molar refractivity (Wildman–Crippen MR) is 395 cm³/mol. The Hall–Kier alpha value is -12.0. The molecule has 0 spiro atoms. The minimum Gasteiger partial charge on any atom is -0.497 e. The molecule has 11 amide bonds. The van der Waals surface area contributed by atoms with E-state index in [0.29, 0.717) is 34.7 Å². The monoisotopic (exact) mass is 1530 g/mol. The number of ether oxygens (including phenoxy) is 1. The Morgan fingerprint density at radius 3 is 1.80 bits per heavy atom. The molecule has 6 rings (SSSR count). The summed E-state index contributed by atoms with van der Waals surface area (Å²) in [6.45, 7) is 8.97. The quantitative estimate of drug-likeness (QED) is 0.0239. The van der Waals surface area contributed by atoms with Crippen molar-refractivity contribution in [3.05, 3.63) is 161 Å². The molecule has 0 aliphatic heterocycles. The van der Waals surface area contributed by atoms with Gasteiger partial charge < -0.3 is 94.2 Å². The summed E-state index contributed by atoms with van der Waals surface area (Å²) in [4.78, 5) is 189. The molecule has 33 nitrogen and oxygen atoms in total. The number of aromatic nitrogens is 3. The van der Waals surface area contributed by atoms with Crippen LogP contribution < -0.4 is 63.6 Å². The van der Waals surface area contributed by atoms with Crippen LogP contribution in [0.15, 0.2) is 122 Å². The molecule has 0 saturated heterocycles. The second-order valence-electron chi connectivity index (χ2n) is 27.3. The number of nitrogens with two attached hydrogens (primary N) is 1. The first-order valence-corrected chi connectivity index (χ1v) is 35.2. The fourth-order valence-corrected chi connectivity index (χ4v) is 11.6. The first-order valence-electron chi connectivity index (χ1n) is 35.2. The van der Waals surface area contributed by atoms with Crippen molar-refractivity contribution in [3.8, 4) is 28.1 Å². The zero-order chi connectivity index (χ0) is 81.3. The van der Waals surface area contributed by atoms with Gasteiger partial charge in [-0.2, -0.15) is 0 Å². The van der Waals surface area contributed by atoms with E-state index in [9.17, 15) is 87.9 Å². The zero-order valence-electron chi connectivity index (χ0n) is 62.2. The topological polar surface area (TPSA) is 520 Å². The standard InChI is InChI=1S/C76H95FN14O19/c1-10-46-32-50(110-9)24-25-52(46)47-22-19-44(20-23-47)30-57(68(103)83-56(65(78)100)31-45-21-26-54(80-35-45)51-17-13-11-15-40(51)2)84-69(104)58(33-62(98)99)85-70(105)59(38-92)86-71(106)63(42(4)93)89-74(109)76(8,34-48-16-12-14-18-53(48)77)91-72(107)64(43(5)94)88-60(95)37-81-67(102)55(27-28-61(96)97)87-73(108)75(6,7)90-66(101)41(3)29-49-36-79-39-82-49/h11-26,32,35-36,39,41-43,55-59,63-64,92-94H,10,27-31,33-34,37-38H2,1-9H3,(H2,78,100)(H,79,82)(H,81,102)(H,83,103)(H,84,104)(H,85,105)(H,86,106)(H,87,108)(H,88,95)(H,89,109)(H,90,101)(H,91,107)(H,96,97)(H,98,99)/t41-,42-,43-,55+,56+,57+,58+,59+,63+,64+,76+/m1/s1. The predicted octanol–water partition coefficient (Wildman–Crippen LogP) is -0.0779. The maximum atomic E-state index is 15.5. The summed E-state index contributed by atoms with van der Waals surface area (Å²) in [6, 6.07) is 15.3. The molecule has 0 unspecified atom stereocenters. The molecule has 0 aliphatic rings. The van der Waals surface area contributed by atoms with E-state index in [2.05, 4.69) is 68.1 Å². The third-order valence-electron chi connectivity index (χ3n) is 18.0. The van der Waals surface area contributed by atoms with Gasteiger partial charge in [0, 0.05) is 61.7 Å². The molecule has 18 N–H and O–H groups in total. The third kappa shape index (κ3) is 25.3. The number of amides is 11. The number of nitrogens with one attached hydrogen (secondary N) is 11. The first kappa shape index (κ1) is 86.9. The summed E-state index contributed by atoms with van der Waals surface area (Å²) in [6.07, 6.45) is -1.96. The van der Waals surface area contributed by atoms with Crippen molar-refractivity contribution in [1.29, 1.82) is 0 Å². The molecule has 4 aromatic carbocycles. The second kappa shape index (κ2) is 40.2. The van der Waals surface area contributed by atoms with E-state index in [1.54, 1.807) is 56.5 Å². The average molecular weight is 1530 g/mol. The highest BCUT2D eigenvalue weighted by molar-refractivity contribution is 6.01. The number of carboxylic acids is 2. The number of pyridine rings is 1. The number of H-pyrrole nitrogens is 1. The van der Waals surface area contributed by atoms with Crippen LogP contribution in [-0.4, -0.2) is 203 Å². The molecule has 6 aromatic rings. The molecule has 110 heavy (non-hydrogen) atoms. The molecule has 0 fully saturated rings. The van der Waals surface area contributed by atoms with Crippen molar-refractivity contribution >= 4 is 76.9 Å². The van der Waals surface area contributed by atoms with Crippen LogP contribution in [0.5, 0.6) is 5.75 Å². The fraction of sp³-hybridized carbons (Fsp3) is 0.408. The fourth-order valence-electron chi connectivity index (χ4n) is 11.6. The third-order valence-corrected chi connectivity index (χ3v) is 18.0. The number of aliphatic carboxylic acids is 2. The highest BCUT2D eigenvalue weighted by atomic mass is 19.1. The Balaban J connectivity index is 1.17. The second-order valence-corrected chi connectivity index (χ2v) is 27.3. The van der Waals surface area contributed by atoms with Crippen molar-refractivity contribution < 1.29 is 97.0 Å². The Labute approximate surface area is 633 Å². The minimum atomic E-state index is -2.43. The van der Waals surface area contributed by atoms with Crippen LogP contribution in [0.3, 0.4) is 0 Å². The number of imidazole rings is 1. The van der Waals surface area contributed by atoms with E-state index < -0.39 is 193 Å². The van der Waals surface area contributed by atoms with Crippen molar-refractivity contribution in [2.45, 2.75) is 172 Å². The van der Waals surface area contributed by atoms with Gasteiger partial charge in [-0.3, -0.25) is 67.3 Å². The zero-order valence-corrected chi connectivity index (χ0v) is 62.2. The van der Waals surface area contributed by atoms with E-state index in [0.717, 1.165) is 54.7 Å². The number of halogens is 1. The van der Waals surface area contributed by atoms with Gasteiger partial charge in [0.1, 0.15) is 64.9 Å². The number of hydrogen-bond donors (Lipinski definition) is 17. The average Bonchev–Trinajstić information content (AvgIpc) is 1.10. The summed E-state index contributed by atoms with van der Waals surface area (Å²) in [7, 11) is 1.54. The lowest BCUT2D eigenvalue weighted by atomic mass is 9.90. The Kier molecular flexibility index (Phi) is 31.8. The lowest BCUT2D eigenvalue weighted by Crippen LogP contribution is -2.67. The van der Waals surface area contributed by atoms with Crippen molar-refractivity contribution in [3.63, 3.8) is 0 Å². The van der Waals surface area contributed by atoms with Gasteiger partial charge in [-0.05, 0) is 118 Å². The number of aliphatic hydroxyl groups is 3. The smallest absolute Gasteiger partial charge is 0.305 e. The van der Waals surface area contributed by atoms with Gasteiger partial charge in [-0.25, -0.2) is 9.37 Å². The van der Waals surface area contributed by atoms with Gasteiger partial charge in [-0.15, -0.1) is 0 Å². The van der Waals surface area contributed by atoms with E-state index in [-0.39, 0.29) is 24.8 Å². The lowest BCUT2D eigenvalue weighted by molar-refractivity contribution is -0.142. The molecule has 2 heterocycles. The summed E-state index contributed by atoms with van der Waals surface area (Å²) >= 11 is 0. The summed E-state index contributed by atoms with van der Waals surface area (Å²) in [5.41, 5.74) is 8.15. The first-order chi connectivity index (χ1) is 52.0. The van der Waals surface area contributed by atoms with Gasteiger partial charge in [0.2, 0.25) is 65.0 Å². The van der Waals surface area contributed by atoms with Gasteiger partial charge in [0.05, 0.1) is 50.9 Å². The van der Waals surface area contributed by atoms with E-state index in [1.165, 1.54) is 50.8 Å². The number of carbonyl (C=O) groups is 13. The molecule has 34 heteroatoms. The molecular weight excluding hydrogens is 1430 g/mol. The van der Waals surface area contributed by atoms with Crippen LogP contribution >= 0.6 is 0 Å². The summed E-state index contributed by atoms with van der Waals surface area (Å²) < 4.78 is 20.9. The molecule has 0 radical (unpaired) electrons. The maximum absolute atomic E-state index is 15.5. The highest BCUT2D eigenvalue weighted by Gasteiger charge is 2.43. The number of hydrogen-bond acceptors (Lipinski definition) is 19. The number of aryl methyl sites for hydroxylation is 2. The molecular formula is C76H95FN14O19. The number of methoxy groups -OCH3 is 1. The summed E-state index contributed by atoms with van der Waals surface area (Å²) in [5.74, 6) is -16.4. The maximum Gasteiger partial charge on any atom is 0.305 e. The number of nitrogens with zero attached hydrogens (tertiary/aromatic N) is 2. The molecule has 0 saturated carbocycles. The molecule has 2 aromatic heterocycles. The van der Waals surface area contributed by atoms with Crippen molar-refractivity contribution in [2.24, 2.45) is 11.7 Å². The number of aromatic amines is 1. The van der Waals surface area contributed by atoms with Gasteiger partial charge in [-0.1, -0.05) is 92.7 Å². The van der Waals surface area contributed by atoms with Crippen LogP contribution in [0.2, 0.25) is 0 Å². The van der Waals surface area contributed by atoms with Crippen molar-refractivity contribution in [1.82, 2.24) is 68.1 Å². The molecule has 0 aliphatic carbocycles. The Morgan fingerprint density at radius 1 is 0.600 bits per heavy atom. The molecule has 0 bridgehead atoms. The van der Waals surface area contributed by atoms with E-state index in [4.69, 9.17) is 10.5 Å². The molecule has 590 valence electrons.